The molecule has 468 valence electrons. The van der Waals surface area contributed by atoms with Gasteiger partial charge < -0.3 is 33.8 Å². The zero-order chi connectivity index (χ0) is 58.5. The average Bonchev–Trinajstić information content (AvgIpc) is 3.41. The lowest BCUT2D eigenvalue weighted by molar-refractivity contribution is -0.161. The van der Waals surface area contributed by atoms with Gasteiger partial charge in [0.1, 0.15) is 19.3 Å². The lowest BCUT2D eigenvalue weighted by Crippen LogP contribution is -2.30. The van der Waals surface area contributed by atoms with Crippen LogP contribution in [0.3, 0.4) is 0 Å². The van der Waals surface area contributed by atoms with Gasteiger partial charge in [0.15, 0.2) is 12.2 Å². The maximum absolute atomic E-state index is 12.9. The highest BCUT2D eigenvalue weighted by Gasteiger charge is 2.30. The minimum Gasteiger partial charge on any atom is -0.462 e. The summed E-state index contributed by atoms with van der Waals surface area (Å²) in [4.78, 5) is 71.7. The van der Waals surface area contributed by atoms with Crippen LogP contribution in [0, 0.1) is 5.92 Å². The topological polar surface area (TPSA) is 237 Å². The van der Waals surface area contributed by atoms with Crippen LogP contribution in [0.15, 0.2) is 0 Å². The average molecular weight is 1170 g/mol. The molecule has 0 spiro atoms. The third kappa shape index (κ3) is 55.0. The molecule has 19 heteroatoms. The van der Waals surface area contributed by atoms with Gasteiger partial charge in [-0.25, -0.2) is 9.13 Å². The van der Waals surface area contributed by atoms with Crippen molar-refractivity contribution in [3.8, 4) is 0 Å². The van der Waals surface area contributed by atoms with E-state index >= 15 is 0 Å². The molecule has 0 aliphatic heterocycles. The van der Waals surface area contributed by atoms with Crippen molar-refractivity contribution in [1.82, 2.24) is 0 Å². The molecule has 2 unspecified atom stereocenters. The maximum Gasteiger partial charge on any atom is 0.472 e. The lowest BCUT2D eigenvalue weighted by atomic mass is 10.0. The number of aliphatic hydroxyl groups excluding tert-OH is 1. The Labute approximate surface area is 479 Å². The fourth-order valence-corrected chi connectivity index (χ4v) is 10.5. The Balaban J connectivity index is 5.18. The van der Waals surface area contributed by atoms with E-state index in [1.165, 1.54) is 116 Å². The van der Waals surface area contributed by atoms with E-state index in [-0.39, 0.29) is 25.7 Å². The van der Waals surface area contributed by atoms with Gasteiger partial charge in [-0.05, 0) is 31.6 Å². The Morgan fingerprint density at radius 3 is 0.861 bits per heavy atom. The van der Waals surface area contributed by atoms with Gasteiger partial charge in [-0.2, -0.15) is 0 Å². The highest BCUT2D eigenvalue weighted by Crippen LogP contribution is 2.45. The molecule has 3 N–H and O–H groups in total. The molecule has 0 fully saturated rings. The van der Waals surface area contributed by atoms with Crippen LogP contribution >= 0.6 is 15.6 Å². The SMILES string of the molecule is CCCCCCCCCCCCCCC(=O)OC[C@H](COP(=O)(O)OC[C@@H](O)COP(=O)(O)OC[C@@H](COC(=O)CCCCCCC)OC(=O)CCCCCCCCCCC)OC(=O)CCCCCCCCCCCCC(C)C. The molecule has 0 bridgehead atoms. The first kappa shape index (κ1) is 77.1. The van der Waals surface area contributed by atoms with Crippen molar-refractivity contribution in [3.05, 3.63) is 0 Å². The van der Waals surface area contributed by atoms with Crippen LogP contribution in [-0.4, -0.2) is 96.7 Å². The van der Waals surface area contributed by atoms with Crippen molar-refractivity contribution in [2.45, 2.75) is 316 Å². The van der Waals surface area contributed by atoms with Crippen LogP contribution in [-0.2, 0) is 65.4 Å². The Kier molecular flexibility index (Phi) is 52.7. The zero-order valence-corrected chi connectivity index (χ0v) is 52.3. The standard InChI is InChI=1S/C60H116O17P2/c1-6-9-12-15-17-19-20-21-26-29-34-39-44-58(63)71-50-56(77-60(65)46-41-36-31-27-23-22-25-28-33-37-42-53(4)5)52-75-79(68,69)73-48-54(61)47-72-78(66,67)74-51-55(49-70-57(62)43-38-32-14-11-8-3)76-59(64)45-40-35-30-24-18-16-13-10-7-2/h53-56,61H,6-52H2,1-5H3,(H,66,67)(H,68,69)/t54-,55+,56+/m0/s1. The number of esters is 4. The molecule has 0 radical (unpaired) electrons. The fourth-order valence-electron chi connectivity index (χ4n) is 8.88. The number of phosphoric acid groups is 2. The Morgan fingerprint density at radius 1 is 0.342 bits per heavy atom. The van der Waals surface area contributed by atoms with Crippen LogP contribution in [0.5, 0.6) is 0 Å². The van der Waals surface area contributed by atoms with Crippen molar-refractivity contribution in [2.75, 3.05) is 39.6 Å². The molecule has 0 heterocycles. The smallest absolute Gasteiger partial charge is 0.462 e. The quantitative estimate of drug-likeness (QED) is 0.0222. The first-order valence-electron chi connectivity index (χ1n) is 31.6. The number of phosphoric ester groups is 2. The number of unbranched alkanes of at least 4 members (excludes halogenated alkanes) is 32. The molecule has 0 aliphatic carbocycles. The van der Waals surface area contributed by atoms with Crippen LogP contribution < -0.4 is 0 Å². The van der Waals surface area contributed by atoms with E-state index < -0.39 is 97.5 Å². The Bertz CT molecular complexity index is 1550. The molecule has 0 aromatic heterocycles. The van der Waals surface area contributed by atoms with Crippen LogP contribution in [0.1, 0.15) is 298 Å². The molecular formula is C60H116O17P2. The van der Waals surface area contributed by atoms with Gasteiger partial charge in [0.25, 0.3) is 0 Å². The molecule has 79 heavy (non-hydrogen) atoms. The van der Waals surface area contributed by atoms with Crippen LogP contribution in [0.2, 0.25) is 0 Å². The summed E-state index contributed by atoms with van der Waals surface area (Å²) in [5.74, 6) is -1.40. The molecule has 0 saturated carbocycles. The third-order valence-electron chi connectivity index (χ3n) is 13.8. The summed E-state index contributed by atoms with van der Waals surface area (Å²) < 4.78 is 67.6. The van der Waals surface area contributed by atoms with E-state index in [2.05, 4.69) is 34.6 Å². The van der Waals surface area contributed by atoms with E-state index in [0.29, 0.717) is 25.7 Å². The highest BCUT2D eigenvalue weighted by atomic mass is 31.2. The molecule has 0 saturated heterocycles. The molecule has 0 aromatic carbocycles. The largest absolute Gasteiger partial charge is 0.472 e. The van der Waals surface area contributed by atoms with E-state index in [1.807, 2.05) is 0 Å². The first-order chi connectivity index (χ1) is 38.0. The van der Waals surface area contributed by atoms with Gasteiger partial charge >= 0.3 is 39.5 Å². The third-order valence-corrected chi connectivity index (χ3v) is 15.7. The van der Waals surface area contributed by atoms with Gasteiger partial charge in [0.2, 0.25) is 0 Å². The summed E-state index contributed by atoms with van der Waals surface area (Å²) in [5.41, 5.74) is 0. The summed E-state index contributed by atoms with van der Waals surface area (Å²) in [6.45, 7) is 7.05. The summed E-state index contributed by atoms with van der Waals surface area (Å²) in [7, 11) is -9.87. The molecule has 0 amide bonds. The number of ether oxygens (including phenoxy) is 4. The Morgan fingerprint density at radius 2 is 0.582 bits per heavy atom. The predicted octanol–water partition coefficient (Wildman–Crippen LogP) is 16.2. The number of aliphatic hydroxyl groups is 1. The highest BCUT2D eigenvalue weighted by molar-refractivity contribution is 7.47. The lowest BCUT2D eigenvalue weighted by Gasteiger charge is -2.21. The van der Waals surface area contributed by atoms with E-state index in [1.54, 1.807) is 0 Å². The van der Waals surface area contributed by atoms with E-state index in [4.69, 9.17) is 37.0 Å². The van der Waals surface area contributed by atoms with Gasteiger partial charge in [-0.1, -0.05) is 247 Å². The molecule has 17 nitrogen and oxygen atoms in total. The van der Waals surface area contributed by atoms with Crippen LogP contribution in [0.4, 0.5) is 0 Å². The second kappa shape index (κ2) is 54.0. The van der Waals surface area contributed by atoms with Crippen molar-refractivity contribution in [3.63, 3.8) is 0 Å². The van der Waals surface area contributed by atoms with Gasteiger partial charge in [-0.15, -0.1) is 0 Å². The van der Waals surface area contributed by atoms with Crippen LogP contribution in [0.25, 0.3) is 0 Å². The van der Waals surface area contributed by atoms with E-state index in [0.717, 1.165) is 102 Å². The minimum absolute atomic E-state index is 0.105. The van der Waals surface area contributed by atoms with Gasteiger partial charge in [0, 0.05) is 25.7 Å². The number of hydrogen-bond donors (Lipinski definition) is 3. The first-order valence-corrected chi connectivity index (χ1v) is 34.6. The number of carbonyl (C=O) groups is 4. The number of hydrogen-bond acceptors (Lipinski definition) is 15. The monoisotopic (exact) mass is 1170 g/mol. The molecule has 0 aliphatic rings. The summed E-state index contributed by atoms with van der Waals surface area (Å²) in [6, 6.07) is 0. The molecule has 0 rings (SSSR count). The van der Waals surface area contributed by atoms with Crippen molar-refractivity contribution < 1.29 is 80.2 Å². The Hall–Kier alpha value is -1.94. The molecular weight excluding hydrogens is 1050 g/mol. The number of rotatable bonds is 60. The molecule has 0 aromatic rings. The van der Waals surface area contributed by atoms with Crippen molar-refractivity contribution in [2.24, 2.45) is 5.92 Å². The summed E-state index contributed by atoms with van der Waals surface area (Å²) in [6.07, 6.45) is 36.5. The normalized spacial score (nSPS) is 14.3. The van der Waals surface area contributed by atoms with Gasteiger partial charge in [-0.3, -0.25) is 37.3 Å². The van der Waals surface area contributed by atoms with Crippen molar-refractivity contribution in [1.29, 1.82) is 0 Å². The van der Waals surface area contributed by atoms with E-state index in [9.17, 15) is 43.2 Å². The maximum atomic E-state index is 12.9. The van der Waals surface area contributed by atoms with Gasteiger partial charge in [0.05, 0.1) is 26.4 Å². The summed E-state index contributed by atoms with van der Waals surface area (Å²) >= 11 is 0. The second-order valence-electron chi connectivity index (χ2n) is 22.2. The predicted molar refractivity (Wildman–Crippen MR) is 312 cm³/mol. The second-order valence-corrected chi connectivity index (χ2v) is 25.1. The summed E-state index contributed by atoms with van der Waals surface area (Å²) in [5, 5.41) is 10.5. The van der Waals surface area contributed by atoms with Crippen molar-refractivity contribution >= 4 is 39.5 Å². The fraction of sp³-hybridized carbons (Fsp3) is 0.933. The zero-order valence-electron chi connectivity index (χ0n) is 50.5. The minimum atomic E-state index is -4.94. The molecule has 5 atom stereocenters. The number of carbonyl (C=O) groups excluding carboxylic acids is 4.